The number of hydrogen-bond donors (Lipinski definition) is 5. The number of esters is 2. The van der Waals surface area contributed by atoms with E-state index in [4.69, 9.17) is 21.8 Å². The SMILES string of the molecule is C.C.CCC[C@H](C)c1ccc(C(=O)NO)cc1.CCC[C@H](C)c1ccc(C(=O)OC)cc1.COC(=O)c1ccc([C@@H](C)N)cc1.C[C@@H](N)c1ccc(C(=O)O)cc1. The van der Waals surface area contributed by atoms with Crippen LogP contribution in [0.2, 0.25) is 0 Å². The second kappa shape index (κ2) is 29.0. The van der Waals surface area contributed by atoms with Gasteiger partial charge in [0, 0.05) is 17.6 Å². The number of carbonyl (C=O) groups excluding carboxylic acids is 3. The van der Waals surface area contributed by atoms with Gasteiger partial charge in [-0.2, -0.15) is 0 Å². The fraction of sp³-hybridized carbons (Fsp3) is 0.391. The normalized spacial score (nSPS) is 11.8. The number of nitrogens with one attached hydrogen (secondary N) is 1. The van der Waals surface area contributed by atoms with Gasteiger partial charge in [0.25, 0.3) is 5.91 Å². The summed E-state index contributed by atoms with van der Waals surface area (Å²) in [6.07, 6.45) is 4.66. The van der Waals surface area contributed by atoms with Crippen molar-refractivity contribution in [3.8, 4) is 0 Å². The minimum atomic E-state index is -0.911. The molecule has 7 N–H and O–H groups in total. The number of hydroxylamine groups is 1. The third-order valence-electron chi connectivity index (χ3n) is 8.73. The van der Waals surface area contributed by atoms with Crippen LogP contribution in [0, 0.1) is 0 Å². The molecule has 0 bridgehead atoms. The highest BCUT2D eigenvalue weighted by atomic mass is 16.5. The first-order valence-electron chi connectivity index (χ1n) is 18.4. The molecule has 0 heterocycles. The lowest BCUT2D eigenvalue weighted by Gasteiger charge is -2.10. The Hall–Kier alpha value is -5.36. The molecule has 0 unspecified atom stereocenters. The zero-order valence-corrected chi connectivity index (χ0v) is 33.4. The van der Waals surface area contributed by atoms with E-state index in [1.807, 2.05) is 62.4 Å². The molecule has 1 amide bonds. The van der Waals surface area contributed by atoms with Crippen molar-refractivity contribution in [1.29, 1.82) is 0 Å². The molecule has 0 radical (unpaired) electrons. The third kappa shape index (κ3) is 19.4. The van der Waals surface area contributed by atoms with E-state index in [0.717, 1.165) is 24.0 Å². The Morgan fingerprint density at radius 1 is 0.544 bits per heavy atom. The van der Waals surface area contributed by atoms with Crippen LogP contribution in [0.1, 0.15) is 170 Å². The monoisotopic (exact) mass is 789 g/mol. The lowest BCUT2D eigenvalue weighted by Crippen LogP contribution is -2.18. The molecule has 57 heavy (non-hydrogen) atoms. The van der Waals surface area contributed by atoms with Gasteiger partial charge in [-0.3, -0.25) is 10.0 Å². The van der Waals surface area contributed by atoms with Crippen molar-refractivity contribution < 1.29 is 39.0 Å². The molecule has 0 aliphatic carbocycles. The van der Waals surface area contributed by atoms with Crippen LogP contribution in [-0.4, -0.2) is 48.3 Å². The summed E-state index contributed by atoms with van der Waals surface area (Å²) >= 11 is 0. The van der Waals surface area contributed by atoms with Crippen LogP contribution in [0.3, 0.4) is 0 Å². The number of nitrogens with two attached hydrogens (primary N) is 2. The van der Waals surface area contributed by atoms with Crippen molar-refractivity contribution in [3.05, 3.63) is 142 Å². The zero-order valence-electron chi connectivity index (χ0n) is 33.4. The smallest absolute Gasteiger partial charge is 0.337 e. The molecule has 0 aliphatic rings. The minimum Gasteiger partial charge on any atom is -0.478 e. The number of methoxy groups -OCH3 is 2. The van der Waals surface area contributed by atoms with Gasteiger partial charge in [0.05, 0.1) is 30.9 Å². The summed E-state index contributed by atoms with van der Waals surface area (Å²) in [6, 6.07) is 28.6. The van der Waals surface area contributed by atoms with Gasteiger partial charge in [-0.25, -0.2) is 19.9 Å². The Bertz CT molecular complexity index is 1650. The first-order chi connectivity index (χ1) is 26.1. The van der Waals surface area contributed by atoms with E-state index in [0.29, 0.717) is 34.1 Å². The summed E-state index contributed by atoms with van der Waals surface area (Å²) < 4.78 is 9.21. The maximum Gasteiger partial charge on any atom is 0.337 e. The van der Waals surface area contributed by atoms with Gasteiger partial charge in [0.2, 0.25) is 0 Å². The predicted molar refractivity (Wildman–Crippen MR) is 230 cm³/mol. The van der Waals surface area contributed by atoms with Crippen LogP contribution in [0.15, 0.2) is 97.1 Å². The number of carboxylic acid groups (broad SMARTS) is 1. The summed E-state index contributed by atoms with van der Waals surface area (Å²) in [4.78, 5) is 43.7. The fourth-order valence-corrected chi connectivity index (χ4v) is 5.26. The second-order valence-corrected chi connectivity index (χ2v) is 13.2. The zero-order chi connectivity index (χ0) is 41.5. The van der Waals surface area contributed by atoms with Gasteiger partial charge in [0.1, 0.15) is 0 Å². The molecule has 11 heteroatoms. The number of ether oxygens (including phenoxy) is 2. The van der Waals surface area contributed by atoms with Crippen molar-refractivity contribution in [3.63, 3.8) is 0 Å². The van der Waals surface area contributed by atoms with Crippen LogP contribution >= 0.6 is 0 Å². The number of carboxylic acids is 1. The average Bonchev–Trinajstić information content (AvgIpc) is 3.21. The predicted octanol–water partition coefficient (Wildman–Crippen LogP) is 10.3. The number of benzene rings is 4. The number of hydrogen-bond acceptors (Lipinski definition) is 9. The molecule has 0 saturated carbocycles. The lowest BCUT2D eigenvalue weighted by molar-refractivity contribution is 0.0592. The van der Waals surface area contributed by atoms with E-state index < -0.39 is 11.9 Å². The van der Waals surface area contributed by atoms with Gasteiger partial charge in [-0.15, -0.1) is 0 Å². The van der Waals surface area contributed by atoms with Crippen molar-refractivity contribution >= 4 is 23.8 Å². The van der Waals surface area contributed by atoms with E-state index in [9.17, 15) is 19.2 Å². The van der Waals surface area contributed by atoms with Gasteiger partial charge >= 0.3 is 17.9 Å². The molecule has 0 spiro atoms. The Balaban J connectivity index is 0. The Kier molecular flexibility index (Phi) is 27.3. The molecule has 314 valence electrons. The van der Waals surface area contributed by atoms with Gasteiger partial charge in [-0.05, 0) is 109 Å². The average molecular weight is 790 g/mol. The van der Waals surface area contributed by atoms with Crippen LogP contribution in [0.5, 0.6) is 0 Å². The molecule has 4 aromatic rings. The Morgan fingerprint density at radius 3 is 1.07 bits per heavy atom. The van der Waals surface area contributed by atoms with E-state index in [2.05, 4.69) is 37.2 Å². The highest BCUT2D eigenvalue weighted by molar-refractivity contribution is 5.93. The van der Waals surface area contributed by atoms with E-state index >= 15 is 0 Å². The molecule has 0 aromatic heterocycles. The molecule has 4 rings (SSSR count). The van der Waals surface area contributed by atoms with E-state index in [1.165, 1.54) is 38.2 Å². The first kappa shape index (κ1) is 53.7. The highest BCUT2D eigenvalue weighted by Crippen LogP contribution is 2.22. The summed E-state index contributed by atoms with van der Waals surface area (Å²) in [5.74, 6) is -0.903. The molecule has 4 atom stereocenters. The summed E-state index contributed by atoms with van der Waals surface area (Å²) in [7, 11) is 2.76. The minimum absolute atomic E-state index is 0. The molecular weight excluding hydrogens is 723 g/mol. The standard InChI is InChI=1S/C13H18O2.C12H17NO2.C10H13NO2.C9H11NO2.2CH4/c1-4-5-10(2)11-6-8-12(9-7-11)13(14)15-3;1-3-4-9(2)10-5-7-11(8-6-10)12(14)13-15;1-7(11)8-3-5-9(6-4-8)10(12)13-2;1-6(10)7-2-4-8(5-3-7)9(11)12;;/h6-10H,4-5H2,1-3H3;5-9,15H,3-4H2,1-2H3,(H,13,14);3-7H,11H2,1-2H3;2-6H,10H2,1H3,(H,11,12);2*1H4/t10-;9-;7-;6-;;/m0011../s1. The Morgan fingerprint density at radius 2 is 0.825 bits per heavy atom. The lowest BCUT2D eigenvalue weighted by atomic mass is 9.96. The molecule has 4 aromatic carbocycles. The molecule has 0 fully saturated rings. The van der Waals surface area contributed by atoms with Crippen LogP contribution in [0.25, 0.3) is 0 Å². The summed E-state index contributed by atoms with van der Waals surface area (Å²) in [5.41, 5.74) is 19.3. The summed E-state index contributed by atoms with van der Waals surface area (Å²) in [5, 5.41) is 17.0. The quantitative estimate of drug-likeness (QED) is 0.0524. The third-order valence-corrected chi connectivity index (χ3v) is 8.73. The van der Waals surface area contributed by atoms with Gasteiger partial charge in [-0.1, -0.05) is 104 Å². The maximum atomic E-state index is 11.2. The second-order valence-electron chi connectivity index (χ2n) is 13.2. The number of rotatable bonds is 12. The number of aromatic carboxylic acids is 1. The molecule has 0 aliphatic heterocycles. The number of carbonyl (C=O) groups is 4. The topological polar surface area (TPSA) is 191 Å². The Labute approximate surface area is 340 Å². The molecule has 11 nitrogen and oxygen atoms in total. The van der Waals surface area contributed by atoms with Crippen molar-refractivity contribution in [1.82, 2.24) is 5.48 Å². The van der Waals surface area contributed by atoms with Crippen molar-refractivity contribution in [2.24, 2.45) is 11.5 Å². The number of amides is 1. The van der Waals surface area contributed by atoms with Crippen LogP contribution in [-0.2, 0) is 9.47 Å². The van der Waals surface area contributed by atoms with Gasteiger partial charge < -0.3 is 26.0 Å². The van der Waals surface area contributed by atoms with E-state index in [-0.39, 0.29) is 38.9 Å². The van der Waals surface area contributed by atoms with Crippen molar-refractivity contribution in [2.75, 3.05) is 14.2 Å². The van der Waals surface area contributed by atoms with E-state index in [1.54, 1.807) is 54.0 Å². The molecular formula is C46H67N3O8. The first-order valence-corrected chi connectivity index (χ1v) is 18.4. The van der Waals surface area contributed by atoms with Crippen LogP contribution in [0.4, 0.5) is 0 Å². The summed E-state index contributed by atoms with van der Waals surface area (Å²) in [6.45, 7) is 12.5. The van der Waals surface area contributed by atoms with Gasteiger partial charge in [0.15, 0.2) is 0 Å². The maximum absolute atomic E-state index is 11.2. The molecule has 0 saturated heterocycles. The largest absolute Gasteiger partial charge is 0.478 e. The van der Waals surface area contributed by atoms with Crippen molar-refractivity contribution in [2.45, 2.75) is 106 Å². The highest BCUT2D eigenvalue weighted by Gasteiger charge is 2.09. The fourth-order valence-electron chi connectivity index (χ4n) is 5.26. The van der Waals surface area contributed by atoms with Crippen LogP contribution < -0.4 is 16.9 Å².